The number of nitrogens with zero attached hydrogens (tertiary/aromatic N) is 3. The van der Waals surface area contributed by atoms with Gasteiger partial charge in [0.2, 0.25) is 0 Å². The summed E-state index contributed by atoms with van der Waals surface area (Å²) in [5.74, 6) is 1.08. The van der Waals surface area contributed by atoms with Crippen molar-refractivity contribution < 1.29 is 0 Å². The highest BCUT2D eigenvalue weighted by Gasteiger charge is 1.99. The molecule has 0 spiro atoms. The molecule has 1 aromatic heterocycles. The number of hydrogen-bond donors (Lipinski definition) is 1. The lowest BCUT2D eigenvalue weighted by molar-refractivity contribution is 0.315. The van der Waals surface area contributed by atoms with Crippen LogP contribution in [0.4, 0.5) is 0 Å². The van der Waals surface area contributed by atoms with E-state index >= 15 is 0 Å². The normalized spacial score (nSPS) is 11.1. The lowest BCUT2D eigenvalue weighted by Crippen LogP contribution is -2.25. The average Bonchev–Trinajstić information content (AvgIpc) is 2.58. The average molecular weight is 196 g/mol. The van der Waals surface area contributed by atoms with Gasteiger partial charge in [-0.2, -0.15) is 0 Å². The zero-order chi connectivity index (χ0) is 10.4. The Labute approximate surface area is 85.7 Å². The Morgan fingerprint density at radius 3 is 2.86 bits per heavy atom. The third-order valence-corrected chi connectivity index (χ3v) is 2.39. The van der Waals surface area contributed by atoms with Gasteiger partial charge in [0.1, 0.15) is 5.82 Å². The van der Waals surface area contributed by atoms with E-state index in [9.17, 15) is 0 Å². The summed E-state index contributed by atoms with van der Waals surface area (Å²) in [6, 6.07) is 0. The maximum atomic E-state index is 5.45. The molecule has 0 aliphatic carbocycles. The molecule has 4 nitrogen and oxygen atoms in total. The molecule has 0 radical (unpaired) electrons. The summed E-state index contributed by atoms with van der Waals surface area (Å²) < 4.78 is 2.17. The van der Waals surface area contributed by atoms with Crippen molar-refractivity contribution in [1.82, 2.24) is 14.5 Å². The van der Waals surface area contributed by atoms with Gasteiger partial charge in [0.05, 0.1) is 0 Å². The minimum absolute atomic E-state index is 0.772. The highest BCUT2D eigenvalue weighted by atomic mass is 15.1. The first-order chi connectivity index (χ1) is 6.74. The van der Waals surface area contributed by atoms with Gasteiger partial charge in [0, 0.05) is 25.5 Å². The van der Waals surface area contributed by atoms with Crippen LogP contribution >= 0.6 is 0 Å². The number of hydrogen-bond acceptors (Lipinski definition) is 3. The molecule has 0 aromatic carbocycles. The van der Waals surface area contributed by atoms with Crippen LogP contribution in [-0.2, 0) is 6.54 Å². The van der Waals surface area contributed by atoms with Gasteiger partial charge in [-0.1, -0.05) is 0 Å². The maximum Gasteiger partial charge on any atom is 0.105 e. The van der Waals surface area contributed by atoms with Crippen molar-refractivity contribution in [2.24, 2.45) is 5.73 Å². The van der Waals surface area contributed by atoms with Crippen molar-refractivity contribution in [3.05, 3.63) is 18.2 Å². The number of likely N-dealkylation sites (N-methyl/N-ethyl adjacent to an activating group) is 1. The Balaban J connectivity index is 2.23. The predicted molar refractivity (Wildman–Crippen MR) is 58.1 cm³/mol. The Morgan fingerprint density at radius 2 is 2.29 bits per heavy atom. The summed E-state index contributed by atoms with van der Waals surface area (Å²) in [7, 11) is 2.13. The van der Waals surface area contributed by atoms with E-state index in [0.717, 1.165) is 38.4 Å². The lowest BCUT2D eigenvalue weighted by Gasteiger charge is -2.16. The van der Waals surface area contributed by atoms with Gasteiger partial charge in [-0.3, -0.25) is 0 Å². The predicted octanol–water partition coefficient (Wildman–Crippen LogP) is 0.472. The number of imidazole rings is 1. The minimum Gasteiger partial charge on any atom is -0.334 e. The Bertz CT molecular complexity index is 256. The van der Waals surface area contributed by atoms with Gasteiger partial charge in [-0.05, 0) is 33.5 Å². The first kappa shape index (κ1) is 11.2. The van der Waals surface area contributed by atoms with Crippen molar-refractivity contribution in [3.8, 4) is 0 Å². The number of aryl methyl sites for hydroxylation is 1. The molecule has 80 valence electrons. The summed E-state index contributed by atoms with van der Waals surface area (Å²) in [5.41, 5.74) is 5.45. The molecule has 0 saturated carbocycles. The highest BCUT2D eigenvalue weighted by Crippen LogP contribution is 1.96. The van der Waals surface area contributed by atoms with E-state index in [1.54, 1.807) is 0 Å². The standard InChI is InChI=1S/C10H20N4/c1-10-12-5-7-14(10)9-8-13(2)6-3-4-11/h5,7H,3-4,6,8-9,11H2,1-2H3. The van der Waals surface area contributed by atoms with Crippen LogP contribution in [0.25, 0.3) is 0 Å². The Kier molecular flexibility index (Phi) is 4.62. The van der Waals surface area contributed by atoms with E-state index in [1.807, 2.05) is 19.3 Å². The fourth-order valence-electron chi connectivity index (χ4n) is 1.39. The van der Waals surface area contributed by atoms with Crippen LogP contribution in [0.1, 0.15) is 12.2 Å². The van der Waals surface area contributed by atoms with Crippen LogP contribution < -0.4 is 5.73 Å². The number of nitrogens with two attached hydrogens (primary N) is 1. The van der Waals surface area contributed by atoms with Crippen LogP contribution in [-0.4, -0.2) is 41.1 Å². The fraction of sp³-hybridized carbons (Fsp3) is 0.700. The number of rotatable bonds is 6. The van der Waals surface area contributed by atoms with Crippen LogP contribution in [0, 0.1) is 6.92 Å². The molecule has 14 heavy (non-hydrogen) atoms. The van der Waals surface area contributed by atoms with E-state index < -0.39 is 0 Å². The van der Waals surface area contributed by atoms with Gasteiger partial charge in [0.15, 0.2) is 0 Å². The zero-order valence-corrected chi connectivity index (χ0v) is 9.11. The Morgan fingerprint density at radius 1 is 1.50 bits per heavy atom. The molecule has 0 bridgehead atoms. The first-order valence-corrected chi connectivity index (χ1v) is 5.10. The largest absolute Gasteiger partial charge is 0.334 e. The van der Waals surface area contributed by atoms with Crippen LogP contribution in [0.2, 0.25) is 0 Å². The third kappa shape index (κ3) is 3.47. The molecule has 2 N–H and O–H groups in total. The van der Waals surface area contributed by atoms with Crippen molar-refractivity contribution in [2.45, 2.75) is 19.9 Å². The SMILES string of the molecule is Cc1nccn1CCN(C)CCCN. The van der Waals surface area contributed by atoms with E-state index in [2.05, 4.69) is 21.5 Å². The molecule has 4 heteroatoms. The summed E-state index contributed by atoms with van der Waals surface area (Å²) in [6.07, 6.45) is 4.93. The summed E-state index contributed by atoms with van der Waals surface area (Å²) in [5, 5.41) is 0. The van der Waals surface area contributed by atoms with E-state index in [1.165, 1.54) is 0 Å². The molecule has 1 heterocycles. The maximum absolute atomic E-state index is 5.45. The fourth-order valence-corrected chi connectivity index (χ4v) is 1.39. The second-order valence-electron chi connectivity index (χ2n) is 3.61. The van der Waals surface area contributed by atoms with Gasteiger partial charge in [-0.25, -0.2) is 4.98 Å². The summed E-state index contributed by atoms with van der Waals surface area (Å²) in [4.78, 5) is 6.48. The molecule has 1 aromatic rings. The van der Waals surface area contributed by atoms with Gasteiger partial charge in [0.25, 0.3) is 0 Å². The van der Waals surface area contributed by atoms with E-state index in [-0.39, 0.29) is 0 Å². The van der Waals surface area contributed by atoms with Crippen molar-refractivity contribution in [1.29, 1.82) is 0 Å². The molecule has 0 saturated heterocycles. The summed E-state index contributed by atoms with van der Waals surface area (Å²) in [6.45, 7) is 5.93. The molecule has 0 atom stereocenters. The topological polar surface area (TPSA) is 47.1 Å². The van der Waals surface area contributed by atoms with Crippen LogP contribution in [0.15, 0.2) is 12.4 Å². The van der Waals surface area contributed by atoms with Crippen LogP contribution in [0.3, 0.4) is 0 Å². The zero-order valence-electron chi connectivity index (χ0n) is 9.11. The van der Waals surface area contributed by atoms with Gasteiger partial charge in [-0.15, -0.1) is 0 Å². The van der Waals surface area contributed by atoms with Crippen LogP contribution in [0.5, 0.6) is 0 Å². The monoisotopic (exact) mass is 196 g/mol. The molecule has 0 fully saturated rings. The van der Waals surface area contributed by atoms with Gasteiger partial charge >= 0.3 is 0 Å². The lowest BCUT2D eigenvalue weighted by atomic mass is 10.4. The second-order valence-corrected chi connectivity index (χ2v) is 3.61. The smallest absolute Gasteiger partial charge is 0.105 e. The minimum atomic E-state index is 0.772. The van der Waals surface area contributed by atoms with E-state index in [0.29, 0.717) is 0 Å². The quantitative estimate of drug-likeness (QED) is 0.719. The van der Waals surface area contributed by atoms with Crippen molar-refractivity contribution in [3.63, 3.8) is 0 Å². The highest BCUT2D eigenvalue weighted by molar-refractivity contribution is 4.88. The van der Waals surface area contributed by atoms with Gasteiger partial charge < -0.3 is 15.2 Å². The molecule has 0 amide bonds. The molecular weight excluding hydrogens is 176 g/mol. The van der Waals surface area contributed by atoms with Crippen molar-refractivity contribution >= 4 is 0 Å². The molecular formula is C10H20N4. The van der Waals surface area contributed by atoms with E-state index in [4.69, 9.17) is 5.73 Å². The molecule has 0 aliphatic heterocycles. The second kappa shape index (κ2) is 5.78. The molecule has 0 unspecified atom stereocenters. The molecule has 0 aliphatic rings. The first-order valence-electron chi connectivity index (χ1n) is 5.10. The van der Waals surface area contributed by atoms with Crippen molar-refractivity contribution in [2.75, 3.05) is 26.7 Å². The summed E-state index contributed by atoms with van der Waals surface area (Å²) >= 11 is 0. The third-order valence-electron chi connectivity index (χ3n) is 2.39. The molecule has 1 rings (SSSR count). The Hall–Kier alpha value is -0.870. The number of aromatic nitrogens is 2.